The van der Waals surface area contributed by atoms with Gasteiger partial charge in [0.2, 0.25) is 5.78 Å². The van der Waals surface area contributed by atoms with Gasteiger partial charge in [0, 0.05) is 11.1 Å². The van der Waals surface area contributed by atoms with Crippen molar-refractivity contribution in [2.45, 2.75) is 40.7 Å². The Morgan fingerprint density at radius 1 is 0.933 bits per heavy atom. The van der Waals surface area contributed by atoms with Crippen molar-refractivity contribution in [2.75, 3.05) is 13.7 Å². The van der Waals surface area contributed by atoms with Gasteiger partial charge in [0.1, 0.15) is 11.8 Å². The number of hydrogen-bond donors (Lipinski definition) is 1. The summed E-state index contributed by atoms with van der Waals surface area (Å²) in [5.41, 5.74) is 3.88. The van der Waals surface area contributed by atoms with Gasteiger partial charge in [0.05, 0.1) is 7.11 Å². The third-order valence-electron chi connectivity index (χ3n) is 5.05. The van der Waals surface area contributed by atoms with E-state index in [0.717, 1.165) is 16.7 Å². The molecule has 1 atom stereocenters. The highest BCUT2D eigenvalue weighted by Gasteiger charge is 2.27. The number of amides is 1. The summed E-state index contributed by atoms with van der Waals surface area (Å²) < 4.78 is 10.3. The quantitative estimate of drug-likeness (QED) is 0.528. The maximum absolute atomic E-state index is 12.6. The molecule has 0 aliphatic rings. The van der Waals surface area contributed by atoms with E-state index in [1.54, 1.807) is 45.2 Å². The van der Waals surface area contributed by atoms with Crippen molar-refractivity contribution >= 4 is 17.7 Å². The molecular weight excluding hydrogens is 382 g/mol. The average Bonchev–Trinajstić information content (AvgIpc) is 2.72. The van der Waals surface area contributed by atoms with Crippen molar-refractivity contribution in [3.63, 3.8) is 0 Å². The molecule has 6 nitrogen and oxygen atoms in total. The second kappa shape index (κ2) is 10.1. The number of hydrogen-bond acceptors (Lipinski definition) is 5. The molecule has 0 aliphatic carbocycles. The van der Waals surface area contributed by atoms with E-state index < -0.39 is 17.9 Å². The van der Waals surface area contributed by atoms with Crippen molar-refractivity contribution in [1.82, 2.24) is 5.32 Å². The fourth-order valence-electron chi connectivity index (χ4n) is 3.03. The van der Waals surface area contributed by atoms with Crippen molar-refractivity contribution in [1.29, 1.82) is 0 Å². The van der Waals surface area contributed by atoms with E-state index in [0.29, 0.717) is 16.9 Å². The molecule has 2 aromatic carbocycles. The number of Topliss-reactive ketones (excluding diaryl/α,β-unsaturated/α-hetero) is 1. The summed E-state index contributed by atoms with van der Waals surface area (Å²) >= 11 is 0. The minimum Gasteiger partial charge on any atom is -0.497 e. The zero-order chi connectivity index (χ0) is 22.4. The third-order valence-corrected chi connectivity index (χ3v) is 5.05. The largest absolute Gasteiger partial charge is 0.497 e. The molecule has 0 aromatic heterocycles. The molecule has 0 bridgehead atoms. The van der Waals surface area contributed by atoms with E-state index in [9.17, 15) is 14.4 Å². The number of benzene rings is 2. The number of carbonyl (C=O) groups is 3. The van der Waals surface area contributed by atoms with Crippen LogP contribution in [0.4, 0.5) is 0 Å². The molecule has 0 saturated heterocycles. The molecular formula is C24H29NO5. The highest BCUT2D eigenvalue weighted by molar-refractivity contribution is 6.00. The van der Waals surface area contributed by atoms with E-state index in [2.05, 4.69) is 5.32 Å². The number of esters is 1. The molecule has 1 N–H and O–H groups in total. The van der Waals surface area contributed by atoms with E-state index >= 15 is 0 Å². The lowest BCUT2D eigenvalue weighted by molar-refractivity contribution is -0.145. The number of nitrogens with one attached hydrogen (secondary N) is 1. The summed E-state index contributed by atoms with van der Waals surface area (Å²) in [6, 6.07) is 9.45. The lowest BCUT2D eigenvalue weighted by atomic mass is 9.98. The maximum Gasteiger partial charge on any atom is 0.329 e. The number of rotatable bonds is 8. The van der Waals surface area contributed by atoms with Gasteiger partial charge in [-0.2, -0.15) is 0 Å². The van der Waals surface area contributed by atoms with E-state index in [1.165, 1.54) is 0 Å². The number of methoxy groups -OCH3 is 1. The maximum atomic E-state index is 12.6. The Hall–Kier alpha value is -3.15. The predicted molar refractivity (Wildman–Crippen MR) is 115 cm³/mol. The Balaban J connectivity index is 2.04. The Kier molecular flexibility index (Phi) is 7.75. The number of carbonyl (C=O) groups excluding carboxylic acids is 3. The smallest absolute Gasteiger partial charge is 0.329 e. The molecule has 6 heteroatoms. The summed E-state index contributed by atoms with van der Waals surface area (Å²) in [4.78, 5) is 37.6. The van der Waals surface area contributed by atoms with Gasteiger partial charge in [0.25, 0.3) is 5.91 Å². The van der Waals surface area contributed by atoms with Crippen LogP contribution < -0.4 is 10.1 Å². The van der Waals surface area contributed by atoms with Crippen LogP contribution in [0.5, 0.6) is 5.75 Å². The van der Waals surface area contributed by atoms with Crippen molar-refractivity contribution in [2.24, 2.45) is 5.92 Å². The highest BCUT2D eigenvalue weighted by Crippen LogP contribution is 2.17. The summed E-state index contributed by atoms with van der Waals surface area (Å²) in [5.74, 6) is -0.885. The standard InChI is InChI=1S/C24H29NO5/c1-14(2)22(25-23(27)18-7-9-19(29-6)10-8-18)24(28)30-13-21(26)20-12-16(4)15(3)11-17(20)5/h7-12,14,22H,13H2,1-6H3,(H,25,27). The molecule has 0 spiro atoms. The Labute approximate surface area is 177 Å². The summed E-state index contributed by atoms with van der Waals surface area (Å²) in [6.45, 7) is 9.00. The van der Waals surface area contributed by atoms with Crippen molar-refractivity contribution in [3.8, 4) is 5.75 Å². The Morgan fingerprint density at radius 2 is 1.53 bits per heavy atom. The van der Waals surface area contributed by atoms with E-state index in [4.69, 9.17) is 9.47 Å². The van der Waals surface area contributed by atoms with Crippen LogP contribution in [0.3, 0.4) is 0 Å². The molecule has 0 radical (unpaired) electrons. The Morgan fingerprint density at radius 3 is 2.10 bits per heavy atom. The fourth-order valence-corrected chi connectivity index (χ4v) is 3.03. The highest BCUT2D eigenvalue weighted by atomic mass is 16.5. The lowest BCUT2D eigenvalue weighted by Crippen LogP contribution is -2.45. The zero-order valence-corrected chi connectivity index (χ0v) is 18.4. The summed E-state index contributed by atoms with van der Waals surface area (Å²) in [7, 11) is 1.54. The van der Waals surface area contributed by atoms with Crippen LogP contribution in [0.25, 0.3) is 0 Å². The first kappa shape index (κ1) is 23.1. The molecule has 0 aliphatic heterocycles. The minimum atomic E-state index is -0.867. The van der Waals surface area contributed by atoms with Gasteiger partial charge >= 0.3 is 5.97 Å². The fraction of sp³-hybridized carbons (Fsp3) is 0.375. The Bertz CT molecular complexity index is 931. The molecule has 1 unspecified atom stereocenters. The molecule has 30 heavy (non-hydrogen) atoms. The first-order valence-corrected chi connectivity index (χ1v) is 9.86. The first-order chi connectivity index (χ1) is 14.1. The molecule has 2 rings (SSSR count). The van der Waals surface area contributed by atoms with Crippen LogP contribution >= 0.6 is 0 Å². The monoisotopic (exact) mass is 411 g/mol. The lowest BCUT2D eigenvalue weighted by Gasteiger charge is -2.21. The van der Waals surface area contributed by atoms with Gasteiger partial charge in [-0.1, -0.05) is 19.9 Å². The van der Waals surface area contributed by atoms with Crippen molar-refractivity contribution in [3.05, 3.63) is 64.2 Å². The molecule has 0 heterocycles. The molecule has 1 amide bonds. The van der Waals surface area contributed by atoms with Crippen molar-refractivity contribution < 1.29 is 23.9 Å². The molecule has 0 saturated carbocycles. The van der Waals surface area contributed by atoms with Crippen LogP contribution in [0.1, 0.15) is 51.3 Å². The normalized spacial score (nSPS) is 11.7. The minimum absolute atomic E-state index is 0.210. The number of ether oxygens (including phenoxy) is 2. The van der Waals surface area contributed by atoms with E-state index in [-0.39, 0.29) is 18.3 Å². The average molecular weight is 411 g/mol. The summed E-state index contributed by atoms with van der Waals surface area (Å²) in [5, 5.41) is 2.70. The van der Waals surface area contributed by atoms with Crippen LogP contribution in [0, 0.1) is 26.7 Å². The second-order valence-electron chi connectivity index (χ2n) is 7.71. The first-order valence-electron chi connectivity index (χ1n) is 9.86. The number of aryl methyl sites for hydroxylation is 3. The zero-order valence-electron chi connectivity index (χ0n) is 18.4. The van der Waals surface area contributed by atoms with Crippen LogP contribution in [0.15, 0.2) is 36.4 Å². The SMILES string of the molecule is COc1ccc(C(=O)NC(C(=O)OCC(=O)c2cc(C)c(C)cc2C)C(C)C)cc1. The molecule has 0 fully saturated rings. The second-order valence-corrected chi connectivity index (χ2v) is 7.71. The van der Waals surface area contributed by atoms with Gasteiger partial charge in [-0.15, -0.1) is 0 Å². The van der Waals surface area contributed by atoms with Crippen LogP contribution in [-0.4, -0.2) is 37.4 Å². The van der Waals surface area contributed by atoms with Crippen LogP contribution in [-0.2, 0) is 9.53 Å². The van der Waals surface area contributed by atoms with Crippen LogP contribution in [0.2, 0.25) is 0 Å². The van der Waals surface area contributed by atoms with Gasteiger partial charge in [-0.25, -0.2) is 4.79 Å². The van der Waals surface area contributed by atoms with Gasteiger partial charge in [-0.3, -0.25) is 9.59 Å². The third kappa shape index (κ3) is 5.69. The molecule has 160 valence electrons. The summed E-state index contributed by atoms with van der Waals surface area (Å²) in [6.07, 6.45) is 0. The topological polar surface area (TPSA) is 81.7 Å². The van der Waals surface area contributed by atoms with E-state index in [1.807, 2.05) is 32.9 Å². The molecule has 2 aromatic rings. The van der Waals surface area contributed by atoms with Gasteiger partial charge in [0.15, 0.2) is 6.61 Å². The van der Waals surface area contributed by atoms with Gasteiger partial charge < -0.3 is 14.8 Å². The predicted octanol–water partition coefficient (Wildman–Crippen LogP) is 3.80. The van der Waals surface area contributed by atoms with Gasteiger partial charge in [-0.05, 0) is 73.7 Å². The number of ketones is 1.